The number of nitrogens with zero attached hydrogens (tertiary/aromatic N) is 1. The summed E-state index contributed by atoms with van der Waals surface area (Å²) in [6.45, 7) is 9.67. The highest BCUT2D eigenvalue weighted by atomic mass is 16.5. The molecule has 4 heteroatoms. The van der Waals surface area contributed by atoms with Gasteiger partial charge >= 0.3 is 0 Å². The molecular formula is C14H28N2O2. The van der Waals surface area contributed by atoms with Gasteiger partial charge in [0.15, 0.2) is 0 Å². The first-order valence-corrected chi connectivity index (χ1v) is 7.35. The van der Waals surface area contributed by atoms with Crippen LogP contribution in [0.3, 0.4) is 0 Å². The zero-order valence-corrected chi connectivity index (χ0v) is 11.9. The van der Waals surface area contributed by atoms with E-state index in [0.717, 1.165) is 58.7 Å². The van der Waals surface area contributed by atoms with Crippen molar-refractivity contribution in [2.75, 3.05) is 39.4 Å². The standard InChI is InChI=1S/C14H28N2O2/c1-3-9-16-11-13(12-16)14(17)15-8-6-5-7-10-18-4-2/h13H,3-12H2,1-2H3,(H,15,17). The van der Waals surface area contributed by atoms with Gasteiger partial charge in [-0.25, -0.2) is 0 Å². The SMILES string of the molecule is CCCN1CC(C(=O)NCCCCCOCC)C1. The molecule has 0 saturated carbocycles. The van der Waals surface area contributed by atoms with E-state index >= 15 is 0 Å². The van der Waals surface area contributed by atoms with Crippen molar-refractivity contribution in [1.82, 2.24) is 10.2 Å². The van der Waals surface area contributed by atoms with E-state index in [-0.39, 0.29) is 11.8 Å². The Hall–Kier alpha value is -0.610. The summed E-state index contributed by atoms with van der Waals surface area (Å²) in [7, 11) is 0. The van der Waals surface area contributed by atoms with Crippen LogP contribution in [0.15, 0.2) is 0 Å². The van der Waals surface area contributed by atoms with Gasteiger partial charge in [-0.2, -0.15) is 0 Å². The fraction of sp³-hybridized carbons (Fsp3) is 0.929. The Morgan fingerprint density at radius 3 is 2.72 bits per heavy atom. The summed E-state index contributed by atoms with van der Waals surface area (Å²) in [6, 6.07) is 0. The number of hydrogen-bond acceptors (Lipinski definition) is 3. The Labute approximate surface area is 111 Å². The van der Waals surface area contributed by atoms with Crippen molar-refractivity contribution in [3.8, 4) is 0 Å². The molecule has 0 radical (unpaired) electrons. The van der Waals surface area contributed by atoms with Crippen LogP contribution >= 0.6 is 0 Å². The molecule has 1 rings (SSSR count). The van der Waals surface area contributed by atoms with Gasteiger partial charge in [0.1, 0.15) is 0 Å². The summed E-state index contributed by atoms with van der Waals surface area (Å²) in [5.41, 5.74) is 0. The third-order valence-corrected chi connectivity index (χ3v) is 3.34. The molecule has 0 unspecified atom stereocenters. The molecule has 0 aromatic heterocycles. The highest BCUT2D eigenvalue weighted by molar-refractivity contribution is 5.79. The number of rotatable bonds is 10. The molecule has 0 atom stereocenters. The highest BCUT2D eigenvalue weighted by Gasteiger charge is 2.31. The van der Waals surface area contributed by atoms with E-state index in [1.807, 2.05) is 6.92 Å². The molecule has 0 spiro atoms. The van der Waals surface area contributed by atoms with E-state index in [2.05, 4.69) is 17.1 Å². The van der Waals surface area contributed by atoms with E-state index in [1.165, 1.54) is 6.42 Å². The van der Waals surface area contributed by atoms with Crippen LogP contribution in [0.5, 0.6) is 0 Å². The second-order valence-corrected chi connectivity index (χ2v) is 5.01. The average Bonchev–Trinajstić information content (AvgIpc) is 2.32. The number of carbonyl (C=O) groups excluding carboxylic acids is 1. The number of hydrogen-bond donors (Lipinski definition) is 1. The zero-order valence-electron chi connectivity index (χ0n) is 11.9. The summed E-state index contributed by atoms with van der Waals surface area (Å²) in [5.74, 6) is 0.479. The maximum atomic E-state index is 11.7. The quantitative estimate of drug-likeness (QED) is 0.604. The topological polar surface area (TPSA) is 41.6 Å². The largest absolute Gasteiger partial charge is 0.382 e. The summed E-state index contributed by atoms with van der Waals surface area (Å²) in [4.78, 5) is 14.1. The number of carbonyl (C=O) groups is 1. The van der Waals surface area contributed by atoms with Crippen LogP contribution in [0.25, 0.3) is 0 Å². The van der Waals surface area contributed by atoms with Crippen LogP contribution in [-0.4, -0.2) is 50.2 Å². The summed E-state index contributed by atoms with van der Waals surface area (Å²) in [5, 5.41) is 3.03. The molecule has 106 valence electrons. The molecule has 1 fully saturated rings. The van der Waals surface area contributed by atoms with Crippen LogP contribution in [0, 0.1) is 5.92 Å². The van der Waals surface area contributed by atoms with Gasteiger partial charge in [0, 0.05) is 32.8 Å². The lowest BCUT2D eigenvalue weighted by atomic mass is 9.99. The van der Waals surface area contributed by atoms with Crippen molar-refractivity contribution in [3.05, 3.63) is 0 Å². The molecule has 1 heterocycles. The molecule has 0 aliphatic carbocycles. The normalized spacial score (nSPS) is 16.6. The van der Waals surface area contributed by atoms with Crippen molar-refractivity contribution in [2.45, 2.75) is 39.5 Å². The molecule has 1 saturated heterocycles. The maximum absolute atomic E-state index is 11.7. The molecule has 18 heavy (non-hydrogen) atoms. The van der Waals surface area contributed by atoms with E-state index < -0.39 is 0 Å². The first kappa shape index (κ1) is 15.4. The monoisotopic (exact) mass is 256 g/mol. The predicted octanol–water partition coefficient (Wildman–Crippen LogP) is 1.65. The Balaban J connectivity index is 1.89. The molecule has 0 aromatic carbocycles. The van der Waals surface area contributed by atoms with Crippen LogP contribution < -0.4 is 5.32 Å². The molecule has 1 N–H and O–H groups in total. The Morgan fingerprint density at radius 1 is 1.28 bits per heavy atom. The predicted molar refractivity (Wildman–Crippen MR) is 73.6 cm³/mol. The number of unbranched alkanes of at least 4 members (excludes halogenated alkanes) is 2. The van der Waals surface area contributed by atoms with Gasteiger partial charge in [-0.1, -0.05) is 6.92 Å². The zero-order chi connectivity index (χ0) is 13.2. The Bertz CT molecular complexity index is 228. The fourth-order valence-electron chi connectivity index (χ4n) is 2.24. The molecule has 0 aromatic rings. The van der Waals surface area contributed by atoms with Crippen molar-refractivity contribution in [1.29, 1.82) is 0 Å². The Morgan fingerprint density at radius 2 is 2.06 bits per heavy atom. The number of nitrogens with one attached hydrogen (secondary N) is 1. The van der Waals surface area contributed by atoms with Crippen molar-refractivity contribution < 1.29 is 9.53 Å². The maximum Gasteiger partial charge on any atom is 0.225 e. The third kappa shape index (κ3) is 5.83. The minimum absolute atomic E-state index is 0.236. The van der Waals surface area contributed by atoms with E-state index in [1.54, 1.807) is 0 Å². The number of amides is 1. The first-order chi connectivity index (χ1) is 8.77. The van der Waals surface area contributed by atoms with Crippen LogP contribution in [0.1, 0.15) is 39.5 Å². The van der Waals surface area contributed by atoms with E-state index in [4.69, 9.17) is 4.74 Å². The summed E-state index contributed by atoms with van der Waals surface area (Å²) in [6.07, 6.45) is 4.46. The van der Waals surface area contributed by atoms with E-state index in [9.17, 15) is 4.79 Å². The molecular weight excluding hydrogens is 228 g/mol. The lowest BCUT2D eigenvalue weighted by Crippen LogP contribution is -2.53. The van der Waals surface area contributed by atoms with Crippen molar-refractivity contribution in [2.24, 2.45) is 5.92 Å². The van der Waals surface area contributed by atoms with Gasteiger partial charge in [-0.3, -0.25) is 4.79 Å². The second kappa shape index (κ2) is 9.34. The molecule has 1 aliphatic rings. The van der Waals surface area contributed by atoms with Gasteiger partial charge < -0.3 is 15.0 Å². The summed E-state index contributed by atoms with van der Waals surface area (Å²) < 4.78 is 5.27. The Kier molecular flexibility index (Phi) is 8.01. The highest BCUT2D eigenvalue weighted by Crippen LogP contribution is 2.15. The number of ether oxygens (including phenoxy) is 1. The van der Waals surface area contributed by atoms with E-state index in [0.29, 0.717) is 0 Å². The minimum Gasteiger partial charge on any atom is -0.382 e. The summed E-state index contributed by atoms with van der Waals surface area (Å²) >= 11 is 0. The first-order valence-electron chi connectivity index (χ1n) is 7.35. The number of likely N-dealkylation sites (tertiary alicyclic amines) is 1. The van der Waals surface area contributed by atoms with Gasteiger partial charge in [0.2, 0.25) is 5.91 Å². The van der Waals surface area contributed by atoms with Crippen LogP contribution in [-0.2, 0) is 9.53 Å². The second-order valence-electron chi connectivity index (χ2n) is 5.01. The average molecular weight is 256 g/mol. The lowest BCUT2D eigenvalue weighted by Gasteiger charge is -2.38. The van der Waals surface area contributed by atoms with Gasteiger partial charge in [0.05, 0.1) is 5.92 Å². The minimum atomic E-state index is 0.236. The lowest BCUT2D eigenvalue weighted by molar-refractivity contribution is -0.130. The fourth-order valence-corrected chi connectivity index (χ4v) is 2.24. The molecule has 0 bridgehead atoms. The van der Waals surface area contributed by atoms with Crippen LogP contribution in [0.4, 0.5) is 0 Å². The molecule has 4 nitrogen and oxygen atoms in total. The van der Waals surface area contributed by atoms with Crippen molar-refractivity contribution >= 4 is 5.91 Å². The van der Waals surface area contributed by atoms with Gasteiger partial charge in [-0.15, -0.1) is 0 Å². The van der Waals surface area contributed by atoms with Gasteiger partial charge in [0.25, 0.3) is 0 Å². The van der Waals surface area contributed by atoms with Crippen LogP contribution in [0.2, 0.25) is 0 Å². The third-order valence-electron chi connectivity index (χ3n) is 3.34. The van der Waals surface area contributed by atoms with Crippen molar-refractivity contribution in [3.63, 3.8) is 0 Å². The van der Waals surface area contributed by atoms with Gasteiger partial charge in [-0.05, 0) is 39.2 Å². The molecule has 1 amide bonds. The molecule has 1 aliphatic heterocycles. The smallest absolute Gasteiger partial charge is 0.225 e.